The fourth-order valence-corrected chi connectivity index (χ4v) is 0. The molecular formula is H6BaCrO8S. The molecule has 4 N–H and O–H groups in total. The molecule has 0 heterocycles. The zero-order valence-electron chi connectivity index (χ0n) is 6.95. The van der Waals surface area contributed by atoms with Gasteiger partial charge < -0.3 is 2.85 Å². The fourth-order valence-electron chi connectivity index (χ4n) is 0. The van der Waals surface area contributed by atoms with Gasteiger partial charge in [-0.3, -0.25) is 9.11 Å². The van der Waals surface area contributed by atoms with E-state index in [1.165, 1.54) is 0 Å². The van der Waals surface area contributed by atoms with Crippen LogP contribution in [0.25, 0.3) is 0 Å². The number of rotatable bonds is 0. The predicted octanol–water partition coefficient (Wildman–Crippen LogP) is -2.16. The van der Waals surface area contributed by atoms with Gasteiger partial charge in [0.05, 0.1) is 0 Å². The summed E-state index contributed by atoms with van der Waals surface area (Å²) in [7, 11) is -4.67. The van der Waals surface area contributed by atoms with Gasteiger partial charge in [0.25, 0.3) is 0 Å². The maximum atomic E-state index is 8.82. The van der Waals surface area contributed by atoms with Gasteiger partial charge in [-0.15, -0.1) is 0 Å². The van der Waals surface area contributed by atoms with Crippen LogP contribution in [0.15, 0.2) is 0 Å². The molecule has 0 saturated heterocycles. The monoisotopic (exact) mass is 356 g/mol. The Kier molecular flexibility index (Phi) is 11.6. The van der Waals surface area contributed by atoms with E-state index in [9.17, 15) is 0 Å². The van der Waals surface area contributed by atoms with E-state index >= 15 is 0 Å². The number of hydrogen-bond acceptors (Lipinski definition) is 4. The van der Waals surface area contributed by atoms with Crippen molar-refractivity contribution in [2.45, 2.75) is 0 Å². The van der Waals surface area contributed by atoms with Crippen LogP contribution in [0.2, 0.25) is 0 Å². The van der Waals surface area contributed by atoms with E-state index in [0.29, 0.717) is 0 Å². The Bertz CT molecular complexity index is 219. The average molecular weight is 355 g/mol. The molecule has 0 aromatic rings. The topological polar surface area (TPSA) is 149 Å². The van der Waals surface area contributed by atoms with Gasteiger partial charge in [0, 0.05) is 0 Å². The molecule has 0 saturated carbocycles. The van der Waals surface area contributed by atoms with Crippen LogP contribution in [0.5, 0.6) is 0 Å². The van der Waals surface area contributed by atoms with Crippen molar-refractivity contribution < 1.29 is 49.9 Å². The van der Waals surface area contributed by atoms with Crippen LogP contribution in [0, 0.1) is 0 Å². The zero-order chi connectivity index (χ0) is 9.00. The molecule has 68 valence electrons. The Morgan fingerprint density at radius 2 is 1.09 bits per heavy atom. The van der Waals surface area contributed by atoms with Gasteiger partial charge in [-0.2, -0.15) is 8.42 Å². The Hall–Kier alpha value is 1.49. The molecule has 0 aliphatic carbocycles. The van der Waals surface area contributed by atoms with Gasteiger partial charge in [0.1, 0.15) is 0 Å². The van der Waals surface area contributed by atoms with Crippen LogP contribution in [-0.4, -0.2) is 74.7 Å². The van der Waals surface area contributed by atoms with Crippen LogP contribution in [0.1, 0.15) is 2.85 Å². The molecule has 11 heavy (non-hydrogen) atoms. The van der Waals surface area contributed by atoms with Crippen LogP contribution in [-0.2, 0) is 31.6 Å². The average Bonchev–Trinajstić information content (AvgIpc) is 1.12. The van der Waals surface area contributed by atoms with E-state index in [1.807, 2.05) is 0 Å². The first-order valence-corrected chi connectivity index (χ1v) is 4.98. The molecule has 0 radical (unpaired) electrons. The Labute approximate surface area is 108 Å². The molecule has 11 heteroatoms. The molecule has 8 nitrogen and oxygen atoms in total. The van der Waals surface area contributed by atoms with Gasteiger partial charge in [-0.05, 0) is 0 Å². The van der Waals surface area contributed by atoms with Gasteiger partial charge in [0.2, 0.25) is 0 Å². The van der Waals surface area contributed by atoms with Crippen molar-refractivity contribution >= 4 is 59.3 Å². The van der Waals surface area contributed by atoms with Crippen molar-refractivity contribution in [1.29, 1.82) is 0 Å². The molecule has 0 amide bonds. The second-order valence-corrected chi connectivity index (χ2v) is 3.19. The zero-order valence-corrected chi connectivity index (χ0v) is 11.5. The summed E-state index contributed by atoms with van der Waals surface area (Å²) in [6.07, 6.45) is 0. The molecule has 0 aliphatic heterocycles. The molecule has 0 bridgehead atoms. The number of hydrogen-bond donors (Lipinski definition) is 4. The summed E-state index contributed by atoms with van der Waals surface area (Å²) >= 11 is -5.25. The second kappa shape index (κ2) is 6.95. The Morgan fingerprint density at radius 3 is 1.09 bits per heavy atom. The third-order valence-electron chi connectivity index (χ3n) is 0. The Morgan fingerprint density at radius 1 is 1.09 bits per heavy atom. The first-order valence-electron chi connectivity index (χ1n) is 1.40. The standard InChI is InChI=1S/Ba.Cr.H2O4S.2H2O.2O.2H/c;;1-5(2,3)4;;;;;;/h;;(H2,1,2,3,4);2*1H2;;;;/q2*+2;;;;;;2*-1/p-2. The first kappa shape index (κ1) is 18.3. The molecule has 0 atom stereocenters. The van der Waals surface area contributed by atoms with E-state index in [0.717, 1.165) is 0 Å². The van der Waals surface area contributed by atoms with Crippen molar-refractivity contribution in [1.82, 2.24) is 0 Å². The van der Waals surface area contributed by atoms with Gasteiger partial charge >= 0.3 is 88.8 Å². The van der Waals surface area contributed by atoms with Crippen molar-refractivity contribution in [3.05, 3.63) is 0 Å². The van der Waals surface area contributed by atoms with E-state index < -0.39 is 24.0 Å². The van der Waals surface area contributed by atoms with Gasteiger partial charge in [-0.1, -0.05) is 0 Å². The van der Waals surface area contributed by atoms with Crippen LogP contribution in [0.4, 0.5) is 0 Å². The van der Waals surface area contributed by atoms with E-state index in [1.54, 1.807) is 0 Å². The first-order chi connectivity index (χ1) is 4.00. The molecule has 0 rings (SSSR count). The normalized spacial score (nSPS) is 10.5. The molecule has 0 aromatic heterocycles. The molecular weight excluding hydrogens is 349 g/mol. The minimum absolute atomic E-state index is 0. The van der Waals surface area contributed by atoms with Crippen molar-refractivity contribution in [2.24, 2.45) is 0 Å². The summed E-state index contributed by atoms with van der Waals surface area (Å²) in [5.74, 6) is 0. The van der Waals surface area contributed by atoms with E-state index in [4.69, 9.17) is 33.4 Å². The van der Waals surface area contributed by atoms with E-state index in [2.05, 4.69) is 0 Å². The quantitative estimate of drug-likeness (QED) is 0.283. The molecule has 0 spiro atoms. The predicted molar refractivity (Wildman–Crippen MR) is 28.0 cm³/mol. The van der Waals surface area contributed by atoms with E-state index in [-0.39, 0.29) is 51.7 Å². The SMILES string of the molecule is O=S(=O)(O)O.[Ba+2].[H-].[H-].[O]=[Cr](=[O])([OH])[OH]. The summed E-state index contributed by atoms with van der Waals surface area (Å²) in [6.45, 7) is 0. The molecule has 0 fully saturated rings. The summed E-state index contributed by atoms with van der Waals surface area (Å²) < 4.78 is 63.5. The summed E-state index contributed by atoms with van der Waals surface area (Å²) in [4.78, 5) is 0. The van der Waals surface area contributed by atoms with Crippen LogP contribution in [0.3, 0.4) is 0 Å². The Balaban J connectivity index is -0.0000000267. The van der Waals surface area contributed by atoms with Crippen molar-refractivity contribution in [2.75, 3.05) is 0 Å². The maximum absolute atomic E-state index is 8.82. The summed E-state index contributed by atoms with van der Waals surface area (Å²) in [6, 6.07) is 0. The van der Waals surface area contributed by atoms with Gasteiger partial charge in [-0.25, -0.2) is 0 Å². The third kappa shape index (κ3) is 464. The summed E-state index contributed by atoms with van der Waals surface area (Å²) in [5, 5.41) is 0. The van der Waals surface area contributed by atoms with Crippen LogP contribution >= 0.6 is 0 Å². The summed E-state index contributed by atoms with van der Waals surface area (Å²) in [5.41, 5.74) is 0. The second-order valence-electron chi connectivity index (χ2n) is 0.896. The molecule has 0 aromatic carbocycles. The minimum atomic E-state index is -5.25. The molecule has 0 unspecified atom stereocenters. The third-order valence-corrected chi connectivity index (χ3v) is 0. The fraction of sp³-hybridized carbons (Fsp3) is 0. The van der Waals surface area contributed by atoms with Crippen LogP contribution < -0.4 is 0 Å². The van der Waals surface area contributed by atoms with Gasteiger partial charge in [0.15, 0.2) is 0 Å². The van der Waals surface area contributed by atoms with Crippen molar-refractivity contribution in [3.63, 3.8) is 0 Å². The molecule has 0 aliphatic rings. The van der Waals surface area contributed by atoms with Crippen molar-refractivity contribution in [3.8, 4) is 0 Å².